The highest BCUT2D eigenvalue weighted by Crippen LogP contribution is 2.19. The molecule has 1 aromatic rings. The van der Waals surface area contributed by atoms with Crippen molar-refractivity contribution in [2.75, 3.05) is 0 Å². The Balaban J connectivity index is 2.73. The summed E-state index contributed by atoms with van der Waals surface area (Å²) in [5.74, 6) is -0.887. The van der Waals surface area contributed by atoms with E-state index in [4.69, 9.17) is 5.11 Å². The van der Waals surface area contributed by atoms with Gasteiger partial charge < -0.3 is 9.63 Å². The molecule has 0 bridgehead atoms. The molecule has 0 aliphatic heterocycles. The van der Waals surface area contributed by atoms with E-state index in [1.807, 2.05) is 6.92 Å². The van der Waals surface area contributed by atoms with Crippen LogP contribution < -0.4 is 0 Å². The molecule has 1 heterocycles. The van der Waals surface area contributed by atoms with Crippen molar-refractivity contribution in [3.63, 3.8) is 0 Å². The average Bonchev–Trinajstić information content (AvgIpc) is 2.52. The predicted octanol–water partition coefficient (Wildman–Crippen LogP) is 2.28. The summed E-state index contributed by atoms with van der Waals surface area (Å²) < 4.78 is 4.64. The lowest BCUT2D eigenvalue weighted by Crippen LogP contribution is -1.94. The van der Waals surface area contributed by atoms with Crippen molar-refractivity contribution in [3.05, 3.63) is 17.5 Å². The number of carboxylic acids is 1. The summed E-state index contributed by atoms with van der Waals surface area (Å²) in [4.78, 5) is 10.5. The molecular formula is C9H13NO3. The second-order valence-electron chi connectivity index (χ2n) is 3.11. The van der Waals surface area contributed by atoms with Gasteiger partial charge in [-0.1, -0.05) is 25.4 Å². The number of nitrogens with zero attached hydrogens (tertiary/aromatic N) is 1. The van der Waals surface area contributed by atoms with Gasteiger partial charge >= 0.3 is 5.97 Å². The van der Waals surface area contributed by atoms with E-state index in [0.717, 1.165) is 18.5 Å². The molecule has 1 N–H and O–H groups in total. The molecule has 1 rings (SSSR count). The summed E-state index contributed by atoms with van der Waals surface area (Å²) in [6, 6.07) is 1.49. The number of hydrogen-bond donors (Lipinski definition) is 1. The van der Waals surface area contributed by atoms with Gasteiger partial charge in [0.15, 0.2) is 0 Å². The summed E-state index contributed by atoms with van der Waals surface area (Å²) in [5, 5.41) is 12.3. The number of rotatable bonds is 4. The number of hydrogen-bond acceptors (Lipinski definition) is 3. The molecule has 0 aliphatic carbocycles. The molecule has 0 radical (unpaired) electrons. The van der Waals surface area contributed by atoms with Gasteiger partial charge in [0.25, 0.3) is 0 Å². The van der Waals surface area contributed by atoms with E-state index in [0.29, 0.717) is 0 Å². The Morgan fingerprint density at radius 1 is 1.77 bits per heavy atom. The first-order chi connectivity index (χ1) is 6.15. The highest BCUT2D eigenvalue weighted by molar-refractivity contribution is 5.84. The van der Waals surface area contributed by atoms with Crippen molar-refractivity contribution in [1.82, 2.24) is 5.16 Å². The first-order valence-electron chi connectivity index (χ1n) is 4.35. The van der Waals surface area contributed by atoms with Crippen molar-refractivity contribution in [3.8, 4) is 0 Å². The third-order valence-electron chi connectivity index (χ3n) is 1.97. The van der Waals surface area contributed by atoms with E-state index in [2.05, 4.69) is 16.6 Å². The first kappa shape index (κ1) is 9.77. The van der Waals surface area contributed by atoms with Gasteiger partial charge in [0.05, 0.1) is 5.69 Å². The van der Waals surface area contributed by atoms with Crippen LogP contribution in [0.25, 0.3) is 0 Å². The minimum absolute atomic E-state index is 0.0852. The average molecular weight is 183 g/mol. The minimum atomic E-state index is -1.07. The molecule has 13 heavy (non-hydrogen) atoms. The van der Waals surface area contributed by atoms with Gasteiger partial charge in [0.1, 0.15) is 0 Å². The molecule has 0 spiro atoms. The number of aromatic carboxylic acids is 1. The third kappa shape index (κ3) is 2.31. The van der Waals surface area contributed by atoms with Crippen LogP contribution in [0.4, 0.5) is 0 Å². The summed E-state index contributed by atoms with van der Waals surface area (Å²) in [5.41, 5.74) is 0.722. The highest BCUT2D eigenvalue weighted by atomic mass is 16.5. The molecule has 0 aromatic carbocycles. The maximum absolute atomic E-state index is 10.5. The lowest BCUT2D eigenvalue weighted by molar-refractivity contribution is 0.0652. The van der Waals surface area contributed by atoms with Gasteiger partial charge in [-0.05, 0) is 6.42 Å². The molecule has 4 nitrogen and oxygen atoms in total. The molecule has 0 saturated carbocycles. The van der Waals surface area contributed by atoms with Gasteiger partial charge in [-0.2, -0.15) is 0 Å². The largest absolute Gasteiger partial charge is 0.475 e. The van der Waals surface area contributed by atoms with Gasteiger partial charge in [0, 0.05) is 12.0 Å². The standard InChI is InChI=1S/C9H13NO3/c1-3-4-6(2)7-5-8(9(11)12)13-10-7/h5-6H,3-4H2,1-2H3,(H,11,12). The quantitative estimate of drug-likeness (QED) is 0.777. The Morgan fingerprint density at radius 2 is 2.46 bits per heavy atom. The van der Waals surface area contributed by atoms with Crippen LogP contribution in [0.1, 0.15) is 48.9 Å². The van der Waals surface area contributed by atoms with E-state index in [1.54, 1.807) is 0 Å². The van der Waals surface area contributed by atoms with Crippen LogP contribution in [0, 0.1) is 0 Å². The number of carboxylic acid groups (broad SMARTS) is 1. The molecule has 72 valence electrons. The van der Waals surface area contributed by atoms with Crippen LogP contribution in [0.5, 0.6) is 0 Å². The lowest BCUT2D eigenvalue weighted by atomic mass is 10.0. The number of aromatic nitrogens is 1. The fourth-order valence-corrected chi connectivity index (χ4v) is 1.20. The van der Waals surface area contributed by atoms with E-state index in [1.165, 1.54) is 6.07 Å². The SMILES string of the molecule is CCCC(C)c1cc(C(=O)O)on1. The smallest absolute Gasteiger partial charge is 0.374 e. The molecule has 1 aromatic heterocycles. The number of carbonyl (C=O) groups is 1. The van der Waals surface area contributed by atoms with E-state index in [9.17, 15) is 4.79 Å². The van der Waals surface area contributed by atoms with Gasteiger partial charge in [-0.15, -0.1) is 0 Å². The van der Waals surface area contributed by atoms with Crippen LogP contribution in [0.2, 0.25) is 0 Å². The summed E-state index contributed by atoms with van der Waals surface area (Å²) in [7, 11) is 0. The molecule has 1 unspecified atom stereocenters. The van der Waals surface area contributed by atoms with Gasteiger partial charge in [-0.3, -0.25) is 0 Å². The Labute approximate surface area is 76.5 Å². The van der Waals surface area contributed by atoms with Crippen molar-refractivity contribution in [2.24, 2.45) is 0 Å². The Bertz CT molecular complexity index is 293. The van der Waals surface area contributed by atoms with Crippen molar-refractivity contribution >= 4 is 5.97 Å². The molecule has 4 heteroatoms. The Morgan fingerprint density at radius 3 is 2.92 bits per heavy atom. The second kappa shape index (κ2) is 4.07. The summed E-state index contributed by atoms with van der Waals surface area (Å²) in [6.07, 6.45) is 2.04. The first-order valence-corrected chi connectivity index (χ1v) is 4.35. The zero-order chi connectivity index (χ0) is 9.84. The molecule has 1 atom stereocenters. The zero-order valence-electron chi connectivity index (χ0n) is 7.78. The maximum atomic E-state index is 10.5. The lowest BCUT2D eigenvalue weighted by Gasteiger charge is -2.02. The molecular weight excluding hydrogens is 170 g/mol. The Kier molecular flexibility index (Phi) is 3.06. The summed E-state index contributed by atoms with van der Waals surface area (Å²) in [6.45, 7) is 4.08. The molecule has 0 amide bonds. The fraction of sp³-hybridized carbons (Fsp3) is 0.556. The topological polar surface area (TPSA) is 63.3 Å². The molecule has 0 aliphatic rings. The van der Waals surface area contributed by atoms with Crippen molar-refractivity contribution in [1.29, 1.82) is 0 Å². The van der Waals surface area contributed by atoms with Crippen LogP contribution in [-0.4, -0.2) is 16.2 Å². The third-order valence-corrected chi connectivity index (χ3v) is 1.97. The van der Waals surface area contributed by atoms with Crippen LogP contribution >= 0.6 is 0 Å². The van der Waals surface area contributed by atoms with Crippen molar-refractivity contribution < 1.29 is 14.4 Å². The monoisotopic (exact) mass is 183 g/mol. The van der Waals surface area contributed by atoms with Crippen LogP contribution in [-0.2, 0) is 0 Å². The van der Waals surface area contributed by atoms with Gasteiger partial charge in [0.2, 0.25) is 5.76 Å². The van der Waals surface area contributed by atoms with Gasteiger partial charge in [-0.25, -0.2) is 4.79 Å². The minimum Gasteiger partial charge on any atom is -0.475 e. The summed E-state index contributed by atoms with van der Waals surface area (Å²) >= 11 is 0. The second-order valence-corrected chi connectivity index (χ2v) is 3.11. The highest BCUT2D eigenvalue weighted by Gasteiger charge is 2.14. The maximum Gasteiger partial charge on any atom is 0.374 e. The fourth-order valence-electron chi connectivity index (χ4n) is 1.20. The predicted molar refractivity (Wildman–Crippen MR) is 46.8 cm³/mol. The van der Waals surface area contributed by atoms with E-state index in [-0.39, 0.29) is 11.7 Å². The van der Waals surface area contributed by atoms with E-state index >= 15 is 0 Å². The van der Waals surface area contributed by atoms with Crippen molar-refractivity contribution in [2.45, 2.75) is 32.6 Å². The van der Waals surface area contributed by atoms with E-state index < -0.39 is 5.97 Å². The normalized spacial score (nSPS) is 12.8. The van der Waals surface area contributed by atoms with Crippen LogP contribution in [0.15, 0.2) is 10.6 Å². The zero-order valence-corrected chi connectivity index (χ0v) is 7.78. The molecule has 0 saturated heterocycles. The Hall–Kier alpha value is -1.32. The molecule has 0 fully saturated rings. The van der Waals surface area contributed by atoms with Crippen LogP contribution in [0.3, 0.4) is 0 Å².